The minimum atomic E-state index is -0.879. The van der Waals surface area contributed by atoms with E-state index in [0.29, 0.717) is 32.1 Å². The number of esters is 1. The highest BCUT2D eigenvalue weighted by molar-refractivity contribution is 7.07. The van der Waals surface area contributed by atoms with Crippen molar-refractivity contribution in [2.45, 2.75) is 13.0 Å². The molecule has 8 heteroatoms. The van der Waals surface area contributed by atoms with Crippen molar-refractivity contribution >= 4 is 39.9 Å². The van der Waals surface area contributed by atoms with Gasteiger partial charge in [0, 0.05) is 11.1 Å². The molecule has 7 nitrogen and oxygen atoms in total. The number of carbonyl (C=O) groups is 1. The molecule has 1 aliphatic heterocycles. The van der Waals surface area contributed by atoms with Gasteiger partial charge in [-0.15, -0.1) is 0 Å². The molecule has 5 aromatic rings. The van der Waals surface area contributed by atoms with E-state index in [1.54, 1.807) is 24.7 Å². The molecule has 0 saturated heterocycles. The Labute approximate surface area is 246 Å². The number of ether oxygens (including phenoxy) is 3. The van der Waals surface area contributed by atoms with Gasteiger partial charge in [0.2, 0.25) is 0 Å². The standard InChI is InChI=1S/C34H28N2O5S/c1-4-41-33(38)28-29(22-13-6-5-7-14-22)35-34-36(30(28)25-18-11-19-26(39-2)31(25)40-3)32(37)27(42-34)20-23-16-10-15-21-12-8-9-17-24(21)23/h5-20,30H,4H2,1-3H3. The van der Waals surface area contributed by atoms with E-state index >= 15 is 0 Å². The van der Waals surface area contributed by atoms with Crippen molar-refractivity contribution in [3.63, 3.8) is 0 Å². The van der Waals surface area contributed by atoms with Gasteiger partial charge < -0.3 is 14.2 Å². The van der Waals surface area contributed by atoms with Gasteiger partial charge in [0.05, 0.1) is 36.6 Å². The number of hydrogen-bond acceptors (Lipinski definition) is 7. The van der Waals surface area contributed by atoms with E-state index in [0.717, 1.165) is 21.9 Å². The molecule has 0 fully saturated rings. The summed E-state index contributed by atoms with van der Waals surface area (Å²) in [7, 11) is 3.09. The van der Waals surface area contributed by atoms with Crippen molar-refractivity contribution in [3.8, 4) is 11.5 Å². The lowest BCUT2D eigenvalue weighted by molar-refractivity contribution is -0.138. The van der Waals surface area contributed by atoms with Gasteiger partial charge in [0.1, 0.15) is 6.04 Å². The van der Waals surface area contributed by atoms with Gasteiger partial charge >= 0.3 is 5.97 Å². The molecule has 1 aliphatic rings. The monoisotopic (exact) mass is 576 g/mol. The molecule has 0 amide bonds. The Balaban J connectivity index is 1.70. The molecule has 1 aromatic heterocycles. The SMILES string of the molecule is CCOC(=O)C1=C(c2ccccc2)N=c2sc(=Cc3cccc4ccccc34)c(=O)n2C1c1cccc(OC)c1OC. The number of carbonyl (C=O) groups excluding carboxylic acids is 1. The van der Waals surface area contributed by atoms with Crippen LogP contribution in [0.25, 0.3) is 22.5 Å². The van der Waals surface area contributed by atoms with Crippen LogP contribution < -0.4 is 24.4 Å². The zero-order valence-corrected chi connectivity index (χ0v) is 24.2. The van der Waals surface area contributed by atoms with E-state index < -0.39 is 12.0 Å². The number of fused-ring (bicyclic) bond motifs is 2. The number of methoxy groups -OCH3 is 2. The van der Waals surface area contributed by atoms with E-state index in [-0.39, 0.29) is 17.7 Å². The Morgan fingerprint density at radius 1 is 0.929 bits per heavy atom. The van der Waals surface area contributed by atoms with Crippen LogP contribution in [-0.2, 0) is 9.53 Å². The second-order valence-electron chi connectivity index (χ2n) is 9.58. The maximum Gasteiger partial charge on any atom is 0.338 e. The van der Waals surface area contributed by atoms with E-state index in [1.807, 2.05) is 91.0 Å². The van der Waals surface area contributed by atoms with Gasteiger partial charge in [0.15, 0.2) is 16.3 Å². The van der Waals surface area contributed by atoms with E-state index in [4.69, 9.17) is 19.2 Å². The number of nitrogens with zero attached hydrogens (tertiary/aromatic N) is 2. The highest BCUT2D eigenvalue weighted by Crippen LogP contribution is 2.42. The molecule has 1 unspecified atom stereocenters. The fourth-order valence-corrected chi connectivity index (χ4v) is 6.37. The maximum absolute atomic E-state index is 14.3. The third-order valence-corrected chi connectivity index (χ3v) is 8.19. The summed E-state index contributed by atoms with van der Waals surface area (Å²) in [4.78, 5) is 33.4. The molecule has 0 spiro atoms. The third kappa shape index (κ3) is 4.69. The summed E-state index contributed by atoms with van der Waals surface area (Å²) in [5.41, 5.74) is 2.66. The second kappa shape index (κ2) is 11.5. The summed E-state index contributed by atoms with van der Waals surface area (Å²) in [6.45, 7) is 1.92. The summed E-state index contributed by atoms with van der Waals surface area (Å²) in [5.74, 6) is 0.345. The van der Waals surface area contributed by atoms with E-state index in [1.165, 1.54) is 18.4 Å². The quantitative estimate of drug-likeness (QED) is 0.252. The Hall–Kier alpha value is -4.95. The van der Waals surface area contributed by atoms with Crippen molar-refractivity contribution in [1.29, 1.82) is 0 Å². The smallest absolute Gasteiger partial charge is 0.338 e. The average molecular weight is 577 g/mol. The summed E-state index contributed by atoms with van der Waals surface area (Å²) < 4.78 is 19.0. The van der Waals surface area contributed by atoms with Crippen molar-refractivity contribution in [2.24, 2.45) is 4.99 Å². The molecule has 6 rings (SSSR count). The molecule has 1 atom stereocenters. The van der Waals surface area contributed by atoms with Gasteiger partial charge in [-0.1, -0.05) is 96.3 Å². The molecular weight excluding hydrogens is 548 g/mol. The fraction of sp³-hybridized carbons (Fsp3) is 0.147. The van der Waals surface area contributed by atoms with Crippen molar-refractivity contribution in [3.05, 3.63) is 133 Å². The Kier molecular flexibility index (Phi) is 7.46. The highest BCUT2D eigenvalue weighted by atomic mass is 32.1. The molecule has 0 saturated carbocycles. The first-order valence-corrected chi connectivity index (χ1v) is 14.3. The predicted molar refractivity (Wildman–Crippen MR) is 165 cm³/mol. The summed E-state index contributed by atoms with van der Waals surface area (Å²) in [6.07, 6.45) is 1.89. The Morgan fingerprint density at radius 3 is 2.43 bits per heavy atom. The predicted octanol–water partition coefficient (Wildman–Crippen LogP) is 5.11. The summed E-state index contributed by atoms with van der Waals surface area (Å²) in [6, 6.07) is 28.1. The molecular formula is C34H28N2O5S. The molecule has 0 N–H and O–H groups in total. The number of thiazole rings is 1. The zero-order chi connectivity index (χ0) is 29.2. The lowest BCUT2D eigenvalue weighted by Gasteiger charge is -2.27. The number of aromatic nitrogens is 1. The molecule has 210 valence electrons. The summed E-state index contributed by atoms with van der Waals surface area (Å²) in [5, 5.41) is 2.11. The topological polar surface area (TPSA) is 79.1 Å². The minimum Gasteiger partial charge on any atom is -0.493 e. The summed E-state index contributed by atoms with van der Waals surface area (Å²) >= 11 is 1.28. The van der Waals surface area contributed by atoms with Gasteiger partial charge in [-0.05, 0) is 35.4 Å². The first kappa shape index (κ1) is 27.2. The number of rotatable bonds is 7. The van der Waals surface area contributed by atoms with Crippen LogP contribution in [0.2, 0.25) is 0 Å². The molecule has 2 heterocycles. The van der Waals surface area contributed by atoms with Crippen molar-refractivity contribution < 1.29 is 19.0 Å². The zero-order valence-electron chi connectivity index (χ0n) is 23.4. The second-order valence-corrected chi connectivity index (χ2v) is 10.6. The van der Waals surface area contributed by atoms with Gasteiger partial charge in [-0.25, -0.2) is 9.79 Å². The molecule has 0 bridgehead atoms. The van der Waals surface area contributed by atoms with Crippen LogP contribution in [0.3, 0.4) is 0 Å². The number of hydrogen-bond donors (Lipinski definition) is 0. The van der Waals surface area contributed by atoms with Crippen LogP contribution in [0.5, 0.6) is 11.5 Å². The van der Waals surface area contributed by atoms with Gasteiger partial charge in [-0.3, -0.25) is 9.36 Å². The largest absolute Gasteiger partial charge is 0.493 e. The van der Waals surface area contributed by atoms with Crippen LogP contribution in [-0.4, -0.2) is 31.4 Å². The van der Waals surface area contributed by atoms with Crippen molar-refractivity contribution in [1.82, 2.24) is 4.57 Å². The minimum absolute atomic E-state index is 0.165. The lowest BCUT2D eigenvalue weighted by Crippen LogP contribution is -2.40. The molecule has 0 aliphatic carbocycles. The van der Waals surface area contributed by atoms with E-state index in [9.17, 15) is 9.59 Å². The Bertz CT molecular complexity index is 2020. The van der Waals surface area contributed by atoms with Gasteiger partial charge in [-0.2, -0.15) is 0 Å². The van der Waals surface area contributed by atoms with Gasteiger partial charge in [0.25, 0.3) is 5.56 Å². The Morgan fingerprint density at radius 2 is 1.67 bits per heavy atom. The number of benzene rings is 4. The normalized spacial score (nSPS) is 14.8. The lowest BCUT2D eigenvalue weighted by atomic mass is 9.92. The molecule has 0 radical (unpaired) electrons. The third-order valence-electron chi connectivity index (χ3n) is 7.21. The maximum atomic E-state index is 14.3. The van der Waals surface area contributed by atoms with E-state index in [2.05, 4.69) is 0 Å². The molecule has 42 heavy (non-hydrogen) atoms. The number of para-hydroxylation sites is 1. The van der Waals surface area contributed by atoms with Crippen molar-refractivity contribution in [2.75, 3.05) is 20.8 Å². The first-order chi connectivity index (χ1) is 20.5. The van der Waals surface area contributed by atoms with Crippen LogP contribution in [0.1, 0.15) is 29.7 Å². The highest BCUT2D eigenvalue weighted by Gasteiger charge is 2.37. The molecule has 4 aromatic carbocycles. The van der Waals surface area contributed by atoms with Crippen LogP contribution in [0.15, 0.2) is 106 Å². The average Bonchev–Trinajstić information content (AvgIpc) is 3.34. The first-order valence-electron chi connectivity index (χ1n) is 13.5. The fourth-order valence-electron chi connectivity index (χ4n) is 5.38. The van der Waals surface area contributed by atoms with Crippen LogP contribution in [0, 0.1) is 0 Å². The van der Waals surface area contributed by atoms with Crippen LogP contribution >= 0.6 is 11.3 Å². The van der Waals surface area contributed by atoms with Crippen LogP contribution in [0.4, 0.5) is 0 Å².